The molecule has 6 rings (SSSR count). The van der Waals surface area contributed by atoms with Gasteiger partial charge in [0.25, 0.3) is 5.56 Å². The summed E-state index contributed by atoms with van der Waals surface area (Å²) in [5, 5.41) is 5.86. The summed E-state index contributed by atoms with van der Waals surface area (Å²) in [6, 6.07) is 17.3. The number of likely N-dealkylation sites (tertiary alicyclic amines) is 1. The molecule has 1 fully saturated rings. The van der Waals surface area contributed by atoms with Crippen molar-refractivity contribution in [3.05, 3.63) is 111 Å². The van der Waals surface area contributed by atoms with Crippen LogP contribution in [-0.4, -0.2) is 47.7 Å². The van der Waals surface area contributed by atoms with Crippen molar-refractivity contribution in [2.24, 2.45) is 0 Å². The zero-order chi connectivity index (χ0) is 34.7. The molecule has 5 aromatic rings. The topological polar surface area (TPSA) is 91.7 Å². The van der Waals surface area contributed by atoms with Crippen LogP contribution in [0.15, 0.2) is 77.7 Å². The number of nitrogens with zero attached hydrogens (tertiary/aromatic N) is 4. The van der Waals surface area contributed by atoms with Gasteiger partial charge in [0.15, 0.2) is 0 Å². The van der Waals surface area contributed by atoms with Gasteiger partial charge in [-0.2, -0.15) is 0 Å². The number of benzene rings is 3. The molecule has 3 aromatic carbocycles. The molecule has 3 heterocycles. The number of amides is 2. The quantitative estimate of drug-likeness (QED) is 0.155. The van der Waals surface area contributed by atoms with E-state index in [9.17, 15) is 14.0 Å². The number of ether oxygens (including phenoxy) is 1. The molecule has 0 bridgehead atoms. The zero-order valence-electron chi connectivity index (χ0n) is 27.5. The molecule has 0 spiro atoms. The summed E-state index contributed by atoms with van der Waals surface area (Å²) in [6.45, 7) is 5.05. The number of aryl methyl sites for hydroxylation is 1. The molecule has 0 saturated carbocycles. The molecule has 1 aliphatic rings. The number of anilines is 3. The molecule has 1 saturated heterocycles. The third kappa shape index (κ3) is 7.53. The largest absolute Gasteiger partial charge is 0.497 e. The summed E-state index contributed by atoms with van der Waals surface area (Å²) in [6.07, 6.45) is 3.84. The Balaban J connectivity index is 1.25. The number of carbonyl (C=O) groups is 1. The molecule has 254 valence electrons. The van der Waals surface area contributed by atoms with E-state index < -0.39 is 11.8 Å². The fraction of sp³-hybridized carbons (Fsp3) is 0.270. The number of fused-ring (bicyclic) bond motifs is 1. The Bertz CT molecular complexity index is 2070. The first kappa shape index (κ1) is 33.9. The molecule has 0 aliphatic carbocycles. The summed E-state index contributed by atoms with van der Waals surface area (Å²) in [4.78, 5) is 35.6. The van der Waals surface area contributed by atoms with Crippen LogP contribution in [0.3, 0.4) is 0 Å². The number of hydrogen-bond donors (Lipinski definition) is 2. The Morgan fingerprint density at radius 2 is 1.73 bits per heavy atom. The number of carbonyl (C=O) groups excluding carboxylic acids is 1. The number of hydrogen-bond acceptors (Lipinski definition) is 6. The predicted octanol–water partition coefficient (Wildman–Crippen LogP) is 7.90. The molecule has 2 amide bonds. The lowest BCUT2D eigenvalue weighted by Gasteiger charge is -2.20. The van der Waals surface area contributed by atoms with E-state index in [0.29, 0.717) is 47.6 Å². The fourth-order valence-corrected chi connectivity index (χ4v) is 6.41. The monoisotopic (exact) mass is 686 g/mol. The third-order valence-electron chi connectivity index (χ3n) is 8.74. The van der Waals surface area contributed by atoms with Crippen LogP contribution in [0.5, 0.6) is 5.75 Å². The van der Waals surface area contributed by atoms with Crippen LogP contribution in [0, 0.1) is 11.6 Å². The average Bonchev–Trinajstić information content (AvgIpc) is 3.61. The van der Waals surface area contributed by atoms with Crippen LogP contribution in [0.1, 0.15) is 30.9 Å². The van der Waals surface area contributed by atoms with Crippen molar-refractivity contribution in [2.45, 2.75) is 39.4 Å². The maximum Gasteiger partial charge on any atom is 0.323 e. The Labute approximate surface area is 288 Å². The SMILES string of the molecule is CCn1c(=O)c(-c2cc(NC(=O)Nc3ccc(F)c(CN4CCCC4)c3)c(F)cc2Cl)cc2cnc(N(C)Cc3ccc(OC)cc3)cc21. The Morgan fingerprint density at radius 1 is 0.980 bits per heavy atom. The summed E-state index contributed by atoms with van der Waals surface area (Å²) < 4.78 is 36.5. The molecule has 12 heteroatoms. The van der Waals surface area contributed by atoms with Gasteiger partial charge in [-0.3, -0.25) is 9.69 Å². The fourth-order valence-electron chi connectivity index (χ4n) is 6.15. The van der Waals surface area contributed by atoms with E-state index in [0.717, 1.165) is 43.3 Å². The summed E-state index contributed by atoms with van der Waals surface area (Å²) in [5.41, 5.74) is 2.56. The van der Waals surface area contributed by atoms with Crippen LogP contribution in [0.2, 0.25) is 5.02 Å². The van der Waals surface area contributed by atoms with Gasteiger partial charge >= 0.3 is 6.03 Å². The number of rotatable bonds is 10. The van der Waals surface area contributed by atoms with Crippen molar-refractivity contribution in [1.82, 2.24) is 14.5 Å². The highest BCUT2D eigenvalue weighted by molar-refractivity contribution is 6.33. The Morgan fingerprint density at radius 3 is 2.45 bits per heavy atom. The standard InChI is InChI=1S/C37H37ClF2N6O3/c1-4-46-34-19-35(44(2)21-23-7-10-27(49-3)11-8-23)41-20-24(34)16-29(36(46)47)28-17-33(32(40)18-30(28)38)43-37(48)42-26-9-12-31(39)25(15-26)22-45-13-5-6-14-45/h7-12,15-20H,4-6,13-14,21-22H2,1-3H3,(H2,42,43,48). The molecule has 49 heavy (non-hydrogen) atoms. The number of methoxy groups -OCH3 is 1. The van der Waals surface area contributed by atoms with E-state index >= 15 is 4.39 Å². The van der Waals surface area contributed by atoms with Gasteiger partial charge in [-0.15, -0.1) is 0 Å². The highest BCUT2D eigenvalue weighted by Crippen LogP contribution is 2.33. The first-order chi connectivity index (χ1) is 23.6. The Kier molecular flexibility index (Phi) is 10.1. The molecule has 0 unspecified atom stereocenters. The highest BCUT2D eigenvalue weighted by Gasteiger charge is 2.19. The number of urea groups is 1. The number of aromatic nitrogens is 2. The predicted molar refractivity (Wildman–Crippen MR) is 191 cm³/mol. The van der Waals surface area contributed by atoms with Gasteiger partial charge in [-0.25, -0.2) is 18.6 Å². The van der Waals surface area contributed by atoms with E-state index in [1.165, 1.54) is 18.2 Å². The molecule has 2 aromatic heterocycles. The van der Waals surface area contributed by atoms with Crippen molar-refractivity contribution in [3.8, 4) is 16.9 Å². The molecular weight excluding hydrogens is 650 g/mol. The molecule has 0 radical (unpaired) electrons. The zero-order valence-corrected chi connectivity index (χ0v) is 28.3. The van der Waals surface area contributed by atoms with Crippen molar-refractivity contribution in [3.63, 3.8) is 0 Å². The molecule has 1 aliphatic heterocycles. The van der Waals surface area contributed by atoms with Gasteiger partial charge in [-0.1, -0.05) is 23.7 Å². The van der Waals surface area contributed by atoms with Gasteiger partial charge in [0, 0.05) is 66.7 Å². The lowest BCUT2D eigenvalue weighted by molar-refractivity contribution is 0.262. The minimum Gasteiger partial charge on any atom is -0.497 e. The molecular formula is C37H37ClF2N6O3. The first-order valence-corrected chi connectivity index (χ1v) is 16.5. The van der Waals surface area contributed by atoms with Crippen LogP contribution >= 0.6 is 11.6 Å². The van der Waals surface area contributed by atoms with Gasteiger partial charge in [0.1, 0.15) is 23.2 Å². The molecule has 0 atom stereocenters. The highest BCUT2D eigenvalue weighted by atomic mass is 35.5. The summed E-state index contributed by atoms with van der Waals surface area (Å²) in [5.74, 6) is 0.323. The van der Waals surface area contributed by atoms with Crippen LogP contribution < -0.4 is 25.8 Å². The van der Waals surface area contributed by atoms with Crippen LogP contribution in [0.4, 0.5) is 30.8 Å². The Hall–Kier alpha value is -5.00. The van der Waals surface area contributed by atoms with E-state index in [-0.39, 0.29) is 33.2 Å². The van der Waals surface area contributed by atoms with E-state index in [4.69, 9.17) is 16.3 Å². The van der Waals surface area contributed by atoms with Crippen molar-refractivity contribution in [1.29, 1.82) is 0 Å². The average molecular weight is 687 g/mol. The number of pyridine rings is 2. The van der Waals surface area contributed by atoms with Gasteiger partial charge in [-0.05, 0) is 86.9 Å². The van der Waals surface area contributed by atoms with E-state index in [1.54, 1.807) is 30.0 Å². The molecule has 2 N–H and O–H groups in total. The molecule has 9 nitrogen and oxygen atoms in total. The number of halogens is 3. The summed E-state index contributed by atoms with van der Waals surface area (Å²) >= 11 is 6.50. The van der Waals surface area contributed by atoms with Crippen LogP contribution in [0.25, 0.3) is 22.0 Å². The maximum atomic E-state index is 15.1. The van der Waals surface area contributed by atoms with E-state index in [1.807, 2.05) is 49.2 Å². The van der Waals surface area contributed by atoms with Gasteiger partial charge in [0.2, 0.25) is 0 Å². The van der Waals surface area contributed by atoms with Gasteiger partial charge in [0.05, 0.1) is 23.3 Å². The first-order valence-electron chi connectivity index (χ1n) is 16.1. The van der Waals surface area contributed by atoms with Crippen molar-refractivity contribution < 1.29 is 18.3 Å². The lowest BCUT2D eigenvalue weighted by atomic mass is 10.0. The number of nitrogens with one attached hydrogen (secondary N) is 2. The summed E-state index contributed by atoms with van der Waals surface area (Å²) in [7, 11) is 3.55. The minimum absolute atomic E-state index is 0.0106. The minimum atomic E-state index is -0.777. The normalized spacial score (nSPS) is 13.1. The third-order valence-corrected chi connectivity index (χ3v) is 9.05. The van der Waals surface area contributed by atoms with Crippen LogP contribution in [-0.2, 0) is 19.6 Å². The van der Waals surface area contributed by atoms with Gasteiger partial charge < -0.3 is 24.8 Å². The second-order valence-corrected chi connectivity index (χ2v) is 12.5. The maximum absolute atomic E-state index is 15.1. The van der Waals surface area contributed by atoms with E-state index in [2.05, 4.69) is 20.5 Å². The van der Waals surface area contributed by atoms with Crippen molar-refractivity contribution >= 4 is 45.7 Å². The lowest BCUT2D eigenvalue weighted by Crippen LogP contribution is -2.23. The second-order valence-electron chi connectivity index (χ2n) is 12.1. The smallest absolute Gasteiger partial charge is 0.323 e. The second kappa shape index (κ2) is 14.6. The van der Waals surface area contributed by atoms with Crippen molar-refractivity contribution in [2.75, 3.05) is 42.8 Å².